The Labute approximate surface area is 87.7 Å². The molecule has 1 aliphatic heterocycles. The first kappa shape index (κ1) is 11.9. The Bertz CT molecular complexity index is 284. The SMILES string of the molecule is CC(C)(N)C(=O)N1CC(O)CC1C(=O)O. The molecule has 0 aromatic carbocycles. The molecule has 1 amide bonds. The van der Waals surface area contributed by atoms with Crippen molar-refractivity contribution in [3.63, 3.8) is 0 Å². The summed E-state index contributed by atoms with van der Waals surface area (Å²) in [6.45, 7) is 3.06. The van der Waals surface area contributed by atoms with E-state index in [2.05, 4.69) is 0 Å². The van der Waals surface area contributed by atoms with Gasteiger partial charge < -0.3 is 20.8 Å². The summed E-state index contributed by atoms with van der Waals surface area (Å²) in [5.74, 6) is -1.56. The number of nitrogens with two attached hydrogens (primary N) is 1. The van der Waals surface area contributed by atoms with Crippen LogP contribution < -0.4 is 5.73 Å². The molecule has 6 heteroatoms. The van der Waals surface area contributed by atoms with E-state index in [1.54, 1.807) is 0 Å². The second kappa shape index (κ2) is 3.79. The first-order valence-electron chi connectivity index (χ1n) is 4.74. The summed E-state index contributed by atoms with van der Waals surface area (Å²) in [6.07, 6.45) is -0.714. The van der Waals surface area contributed by atoms with Gasteiger partial charge in [0.15, 0.2) is 0 Å². The number of carbonyl (C=O) groups is 2. The summed E-state index contributed by atoms with van der Waals surface area (Å²) in [4.78, 5) is 23.7. The maximum atomic E-state index is 11.8. The van der Waals surface area contributed by atoms with Crippen LogP contribution in [0, 0.1) is 0 Å². The van der Waals surface area contributed by atoms with Gasteiger partial charge in [-0.15, -0.1) is 0 Å². The number of aliphatic carboxylic acids is 1. The summed E-state index contributed by atoms with van der Waals surface area (Å²) in [5, 5.41) is 18.2. The summed E-state index contributed by atoms with van der Waals surface area (Å²) in [5.41, 5.74) is 4.49. The van der Waals surface area contributed by atoms with Crippen LogP contribution in [-0.2, 0) is 9.59 Å². The van der Waals surface area contributed by atoms with Crippen molar-refractivity contribution in [2.75, 3.05) is 6.54 Å². The molecular formula is C9H16N2O4. The predicted octanol–water partition coefficient (Wildman–Crippen LogP) is -1.23. The van der Waals surface area contributed by atoms with Crippen LogP contribution in [0.25, 0.3) is 0 Å². The van der Waals surface area contributed by atoms with Crippen LogP contribution >= 0.6 is 0 Å². The molecular weight excluding hydrogens is 200 g/mol. The normalized spacial score (nSPS) is 26.8. The molecule has 15 heavy (non-hydrogen) atoms. The number of hydrogen-bond donors (Lipinski definition) is 3. The standard InChI is InChI=1S/C9H16N2O4/c1-9(2,10)8(15)11-4-5(12)3-6(11)7(13)14/h5-6,12H,3-4,10H2,1-2H3,(H,13,14). The number of aliphatic hydroxyl groups is 1. The molecule has 1 heterocycles. The second-order valence-corrected chi connectivity index (χ2v) is 4.42. The van der Waals surface area contributed by atoms with Gasteiger partial charge in [-0.3, -0.25) is 4.79 Å². The minimum absolute atomic E-state index is 0.0381. The van der Waals surface area contributed by atoms with E-state index in [4.69, 9.17) is 10.8 Å². The molecule has 0 aliphatic carbocycles. The Morgan fingerprint density at radius 2 is 2.00 bits per heavy atom. The topological polar surface area (TPSA) is 104 Å². The maximum absolute atomic E-state index is 11.8. The molecule has 86 valence electrons. The van der Waals surface area contributed by atoms with Crippen LogP contribution in [-0.4, -0.2) is 51.2 Å². The fourth-order valence-corrected chi connectivity index (χ4v) is 1.64. The highest BCUT2D eigenvalue weighted by Gasteiger charge is 2.42. The van der Waals surface area contributed by atoms with Gasteiger partial charge in [0.25, 0.3) is 0 Å². The van der Waals surface area contributed by atoms with Gasteiger partial charge in [-0.05, 0) is 13.8 Å². The molecule has 0 aromatic heterocycles. The zero-order valence-electron chi connectivity index (χ0n) is 8.80. The summed E-state index contributed by atoms with van der Waals surface area (Å²) >= 11 is 0. The lowest BCUT2D eigenvalue weighted by Gasteiger charge is -2.28. The number of amides is 1. The third-order valence-corrected chi connectivity index (χ3v) is 2.38. The van der Waals surface area contributed by atoms with Gasteiger partial charge in [0.1, 0.15) is 6.04 Å². The fourth-order valence-electron chi connectivity index (χ4n) is 1.64. The van der Waals surface area contributed by atoms with E-state index in [-0.39, 0.29) is 13.0 Å². The molecule has 0 spiro atoms. The molecule has 0 bridgehead atoms. The van der Waals surface area contributed by atoms with Crippen molar-refractivity contribution < 1.29 is 19.8 Å². The highest BCUT2D eigenvalue weighted by atomic mass is 16.4. The molecule has 0 radical (unpaired) electrons. The van der Waals surface area contributed by atoms with Crippen molar-refractivity contribution in [2.24, 2.45) is 5.73 Å². The zero-order chi connectivity index (χ0) is 11.8. The van der Waals surface area contributed by atoms with Gasteiger partial charge >= 0.3 is 5.97 Å². The lowest BCUT2D eigenvalue weighted by Crippen LogP contribution is -2.54. The molecule has 6 nitrogen and oxygen atoms in total. The molecule has 0 aromatic rings. The van der Waals surface area contributed by atoms with Crippen molar-refractivity contribution in [2.45, 2.75) is 38.0 Å². The van der Waals surface area contributed by atoms with Crippen molar-refractivity contribution in [1.82, 2.24) is 4.90 Å². The first-order chi connectivity index (χ1) is 6.73. The molecule has 1 rings (SSSR count). The van der Waals surface area contributed by atoms with E-state index >= 15 is 0 Å². The Morgan fingerprint density at radius 3 is 2.40 bits per heavy atom. The molecule has 2 atom stereocenters. The monoisotopic (exact) mass is 216 g/mol. The van der Waals surface area contributed by atoms with Gasteiger partial charge in [0, 0.05) is 13.0 Å². The van der Waals surface area contributed by atoms with E-state index in [0.29, 0.717) is 0 Å². The van der Waals surface area contributed by atoms with Crippen LogP contribution in [0.15, 0.2) is 0 Å². The molecule has 0 saturated carbocycles. The van der Waals surface area contributed by atoms with E-state index in [1.165, 1.54) is 13.8 Å². The molecule has 1 fully saturated rings. The van der Waals surface area contributed by atoms with E-state index in [9.17, 15) is 14.7 Å². The zero-order valence-corrected chi connectivity index (χ0v) is 8.80. The number of aliphatic hydroxyl groups excluding tert-OH is 1. The molecule has 4 N–H and O–H groups in total. The van der Waals surface area contributed by atoms with Crippen molar-refractivity contribution in [3.8, 4) is 0 Å². The van der Waals surface area contributed by atoms with Crippen LogP contribution in [0.5, 0.6) is 0 Å². The van der Waals surface area contributed by atoms with Gasteiger partial charge in [-0.25, -0.2) is 4.79 Å². The second-order valence-electron chi connectivity index (χ2n) is 4.42. The van der Waals surface area contributed by atoms with E-state index < -0.39 is 29.6 Å². The quantitative estimate of drug-likeness (QED) is 0.536. The van der Waals surface area contributed by atoms with Crippen LogP contribution in [0.4, 0.5) is 0 Å². The average Bonchev–Trinajstić information content (AvgIpc) is 2.44. The smallest absolute Gasteiger partial charge is 0.326 e. The Hall–Kier alpha value is -1.14. The summed E-state index contributed by atoms with van der Waals surface area (Å²) in [7, 11) is 0. The van der Waals surface area contributed by atoms with Crippen LogP contribution in [0.2, 0.25) is 0 Å². The number of carbonyl (C=O) groups excluding carboxylic acids is 1. The number of β-amino-alcohol motifs (C(OH)–C–C–N with tert-alkyl or cyclic N) is 1. The van der Waals surface area contributed by atoms with Gasteiger partial charge in [0.05, 0.1) is 11.6 Å². The summed E-state index contributed by atoms with van der Waals surface area (Å²) in [6, 6.07) is -0.963. The number of likely N-dealkylation sites (tertiary alicyclic amines) is 1. The number of nitrogens with zero attached hydrogens (tertiary/aromatic N) is 1. The van der Waals surface area contributed by atoms with E-state index in [1.807, 2.05) is 0 Å². The van der Waals surface area contributed by atoms with Crippen LogP contribution in [0.3, 0.4) is 0 Å². The molecule has 1 saturated heterocycles. The average molecular weight is 216 g/mol. The predicted molar refractivity (Wildman–Crippen MR) is 52.0 cm³/mol. The third kappa shape index (κ3) is 2.45. The number of carboxylic acids is 1. The first-order valence-corrected chi connectivity index (χ1v) is 4.74. The minimum Gasteiger partial charge on any atom is -0.480 e. The lowest BCUT2D eigenvalue weighted by atomic mass is 10.0. The summed E-state index contributed by atoms with van der Waals surface area (Å²) < 4.78 is 0. The van der Waals surface area contributed by atoms with Crippen LogP contribution in [0.1, 0.15) is 20.3 Å². The Morgan fingerprint density at radius 1 is 1.47 bits per heavy atom. The van der Waals surface area contributed by atoms with Crippen molar-refractivity contribution >= 4 is 11.9 Å². The highest BCUT2D eigenvalue weighted by Crippen LogP contribution is 2.21. The minimum atomic E-state index is -1.11. The van der Waals surface area contributed by atoms with Gasteiger partial charge in [0.2, 0.25) is 5.91 Å². The molecule has 1 aliphatic rings. The Balaban J connectivity index is 2.85. The maximum Gasteiger partial charge on any atom is 0.326 e. The lowest BCUT2D eigenvalue weighted by molar-refractivity contribution is -0.150. The van der Waals surface area contributed by atoms with Crippen molar-refractivity contribution in [1.29, 1.82) is 0 Å². The van der Waals surface area contributed by atoms with Crippen molar-refractivity contribution in [3.05, 3.63) is 0 Å². The third-order valence-electron chi connectivity index (χ3n) is 2.38. The van der Waals surface area contributed by atoms with Gasteiger partial charge in [-0.2, -0.15) is 0 Å². The number of hydrogen-bond acceptors (Lipinski definition) is 4. The number of carboxylic acid groups (broad SMARTS) is 1. The molecule has 2 unspecified atom stereocenters. The van der Waals surface area contributed by atoms with E-state index in [0.717, 1.165) is 4.90 Å². The largest absolute Gasteiger partial charge is 0.480 e. The van der Waals surface area contributed by atoms with Gasteiger partial charge in [-0.1, -0.05) is 0 Å². The Kier molecular flexibility index (Phi) is 3.01. The number of rotatable bonds is 2. The fraction of sp³-hybridized carbons (Fsp3) is 0.778. The highest BCUT2D eigenvalue weighted by molar-refractivity contribution is 5.90.